The molecule has 0 aliphatic carbocycles. The van der Waals surface area contributed by atoms with E-state index in [1.807, 2.05) is 0 Å². The van der Waals surface area contributed by atoms with E-state index < -0.39 is 27.7 Å². The van der Waals surface area contributed by atoms with Gasteiger partial charge in [-0.3, -0.25) is 4.79 Å². The predicted octanol–water partition coefficient (Wildman–Crippen LogP) is 3.57. The van der Waals surface area contributed by atoms with Gasteiger partial charge in [-0.05, 0) is 42.3 Å². The van der Waals surface area contributed by atoms with E-state index in [1.54, 1.807) is 19.1 Å². The molecule has 2 aromatic rings. The number of carbonyl (C=O) groups is 1. The smallest absolute Gasteiger partial charge is 0.326 e. The summed E-state index contributed by atoms with van der Waals surface area (Å²) in [5, 5.41) is 2.43. The van der Waals surface area contributed by atoms with E-state index in [2.05, 4.69) is 10.0 Å². The summed E-state index contributed by atoms with van der Waals surface area (Å²) < 4.78 is 64.1. The Morgan fingerprint density at radius 1 is 1.07 bits per heavy atom. The van der Waals surface area contributed by atoms with Crippen LogP contribution in [0.1, 0.15) is 24.5 Å². The van der Waals surface area contributed by atoms with Crippen molar-refractivity contribution in [2.24, 2.45) is 0 Å². The minimum atomic E-state index is -4.48. The van der Waals surface area contributed by atoms with Crippen LogP contribution in [0.2, 0.25) is 0 Å². The Morgan fingerprint density at radius 2 is 1.74 bits per heavy atom. The number of sulfonamides is 1. The van der Waals surface area contributed by atoms with Gasteiger partial charge in [0.25, 0.3) is 0 Å². The first-order chi connectivity index (χ1) is 12.6. The Balaban J connectivity index is 1.94. The van der Waals surface area contributed by atoms with Crippen LogP contribution in [0.25, 0.3) is 0 Å². The summed E-state index contributed by atoms with van der Waals surface area (Å²) in [4.78, 5) is 12.1. The Hall–Kier alpha value is -2.39. The number of nitrogens with one attached hydrogen (secondary N) is 2. The summed E-state index contributed by atoms with van der Waals surface area (Å²) in [5.41, 5.74) is -0.0238. The fourth-order valence-corrected chi connectivity index (χ4v) is 3.40. The van der Waals surface area contributed by atoms with Crippen LogP contribution in [0.3, 0.4) is 0 Å². The first kappa shape index (κ1) is 20.9. The van der Waals surface area contributed by atoms with E-state index in [9.17, 15) is 26.4 Å². The molecule has 0 saturated heterocycles. The third-order valence-electron chi connectivity index (χ3n) is 3.68. The third-order valence-corrected chi connectivity index (χ3v) is 5.24. The number of hydrogen-bond acceptors (Lipinski definition) is 3. The number of amides is 1. The second-order valence-electron chi connectivity index (χ2n) is 5.77. The molecule has 0 aliphatic heterocycles. The zero-order chi connectivity index (χ0) is 20.1. The number of rotatable bonds is 7. The molecule has 1 amide bonds. The van der Waals surface area contributed by atoms with Gasteiger partial charge in [0.2, 0.25) is 15.9 Å². The molecule has 0 spiro atoms. The number of alkyl halides is 3. The van der Waals surface area contributed by atoms with Gasteiger partial charge < -0.3 is 5.32 Å². The molecule has 0 fully saturated rings. The second-order valence-corrected chi connectivity index (χ2v) is 7.54. The summed E-state index contributed by atoms with van der Waals surface area (Å²) in [6.45, 7) is 1.95. The lowest BCUT2D eigenvalue weighted by Crippen LogP contribution is -2.23. The molecule has 0 aromatic heterocycles. The fraction of sp³-hybridized carbons (Fsp3) is 0.278. The van der Waals surface area contributed by atoms with Crippen LogP contribution < -0.4 is 10.0 Å². The van der Waals surface area contributed by atoms with Gasteiger partial charge in [0, 0.05) is 18.7 Å². The highest BCUT2D eigenvalue weighted by atomic mass is 32.2. The highest BCUT2D eigenvalue weighted by Gasteiger charge is 2.30. The summed E-state index contributed by atoms with van der Waals surface area (Å²) in [6, 6.07) is 10.5. The Kier molecular flexibility index (Phi) is 6.61. The molecule has 27 heavy (non-hydrogen) atoms. The molecule has 2 N–H and O–H groups in total. The molecule has 0 heterocycles. The lowest BCUT2D eigenvalue weighted by molar-refractivity contribution is -0.137. The van der Waals surface area contributed by atoms with Gasteiger partial charge >= 0.3 is 6.18 Å². The molecule has 0 radical (unpaired) electrons. The lowest BCUT2D eigenvalue weighted by atomic mass is 10.1. The molecule has 146 valence electrons. The zero-order valence-electron chi connectivity index (χ0n) is 14.5. The minimum Gasteiger partial charge on any atom is -0.326 e. The lowest BCUT2D eigenvalue weighted by Gasteiger charge is -2.10. The van der Waals surface area contributed by atoms with Crippen LogP contribution in [-0.4, -0.2) is 20.9 Å². The Morgan fingerprint density at radius 3 is 2.33 bits per heavy atom. The van der Waals surface area contributed by atoms with Gasteiger partial charge in [0.15, 0.2) is 0 Å². The largest absolute Gasteiger partial charge is 0.416 e. The first-order valence-electron chi connectivity index (χ1n) is 8.17. The standard InChI is InChI=1S/C18H19F3N2O3S/c1-2-22-27(25,26)16-9-6-13(7-10-16)8-11-17(24)23-15-5-3-4-14(12-15)18(19,20)21/h3-7,9-10,12,22H,2,8,11H2,1H3,(H,23,24). The molecule has 5 nitrogen and oxygen atoms in total. The van der Waals surface area contributed by atoms with Crippen molar-refractivity contribution in [3.8, 4) is 0 Å². The minimum absolute atomic E-state index is 0.0511. The van der Waals surface area contributed by atoms with E-state index in [4.69, 9.17) is 0 Å². The average Bonchev–Trinajstić information content (AvgIpc) is 2.60. The maximum absolute atomic E-state index is 12.7. The molecule has 0 saturated carbocycles. The highest BCUT2D eigenvalue weighted by molar-refractivity contribution is 7.89. The van der Waals surface area contributed by atoms with Gasteiger partial charge in [0.1, 0.15) is 0 Å². The van der Waals surface area contributed by atoms with Crippen molar-refractivity contribution >= 4 is 21.6 Å². The van der Waals surface area contributed by atoms with Crippen LogP contribution in [0.5, 0.6) is 0 Å². The molecule has 0 atom stereocenters. The SMILES string of the molecule is CCNS(=O)(=O)c1ccc(CCC(=O)Nc2cccc(C(F)(F)F)c2)cc1. The summed E-state index contributed by atoms with van der Waals surface area (Å²) in [5.74, 6) is -0.432. The van der Waals surface area contributed by atoms with E-state index in [-0.39, 0.29) is 23.5 Å². The first-order valence-corrected chi connectivity index (χ1v) is 9.66. The summed E-state index contributed by atoms with van der Waals surface area (Å²) in [6.07, 6.45) is -4.10. The monoisotopic (exact) mass is 400 g/mol. The number of halogens is 3. The summed E-state index contributed by atoms with van der Waals surface area (Å²) >= 11 is 0. The van der Waals surface area contributed by atoms with Crippen LogP contribution >= 0.6 is 0 Å². The number of aryl methyl sites for hydroxylation is 1. The zero-order valence-corrected chi connectivity index (χ0v) is 15.3. The van der Waals surface area contributed by atoms with Gasteiger partial charge in [-0.1, -0.05) is 25.1 Å². The van der Waals surface area contributed by atoms with Crippen molar-refractivity contribution in [3.63, 3.8) is 0 Å². The molecular weight excluding hydrogens is 381 g/mol. The number of anilines is 1. The van der Waals surface area contributed by atoms with Crippen molar-refractivity contribution in [1.29, 1.82) is 0 Å². The topological polar surface area (TPSA) is 75.3 Å². The molecule has 0 aliphatic rings. The van der Waals surface area contributed by atoms with Crippen molar-refractivity contribution in [2.45, 2.75) is 30.8 Å². The normalized spacial score (nSPS) is 12.0. The number of carbonyl (C=O) groups excluding carboxylic acids is 1. The van der Waals surface area contributed by atoms with E-state index in [0.29, 0.717) is 6.42 Å². The maximum Gasteiger partial charge on any atom is 0.416 e. The van der Waals surface area contributed by atoms with Crippen LogP contribution in [0, 0.1) is 0 Å². The van der Waals surface area contributed by atoms with Crippen molar-refractivity contribution in [2.75, 3.05) is 11.9 Å². The molecule has 0 unspecified atom stereocenters. The number of hydrogen-bond donors (Lipinski definition) is 2. The van der Waals surface area contributed by atoms with E-state index >= 15 is 0 Å². The molecule has 0 bridgehead atoms. The Labute approximate surface area is 155 Å². The molecule has 9 heteroatoms. The maximum atomic E-state index is 12.7. The molecule has 2 rings (SSSR count). The van der Waals surface area contributed by atoms with Crippen molar-refractivity contribution in [1.82, 2.24) is 4.72 Å². The quantitative estimate of drug-likeness (QED) is 0.746. The second kappa shape index (κ2) is 8.53. The van der Waals surface area contributed by atoms with Gasteiger partial charge in [-0.15, -0.1) is 0 Å². The third kappa shape index (κ3) is 6.07. The van der Waals surface area contributed by atoms with Gasteiger partial charge in [-0.25, -0.2) is 13.1 Å². The van der Waals surface area contributed by atoms with Crippen molar-refractivity contribution < 1.29 is 26.4 Å². The van der Waals surface area contributed by atoms with E-state index in [0.717, 1.165) is 17.7 Å². The van der Waals surface area contributed by atoms with E-state index in [1.165, 1.54) is 24.3 Å². The van der Waals surface area contributed by atoms with Crippen molar-refractivity contribution in [3.05, 3.63) is 59.7 Å². The molecule has 2 aromatic carbocycles. The summed E-state index contributed by atoms with van der Waals surface area (Å²) in [7, 11) is -3.54. The van der Waals surface area contributed by atoms with Gasteiger partial charge in [-0.2, -0.15) is 13.2 Å². The molecular formula is C18H19F3N2O3S. The van der Waals surface area contributed by atoms with Crippen LogP contribution in [-0.2, 0) is 27.4 Å². The number of benzene rings is 2. The van der Waals surface area contributed by atoms with Crippen LogP contribution in [0.15, 0.2) is 53.4 Å². The van der Waals surface area contributed by atoms with Gasteiger partial charge in [0.05, 0.1) is 10.5 Å². The average molecular weight is 400 g/mol. The van der Waals surface area contributed by atoms with Crippen LogP contribution in [0.4, 0.5) is 18.9 Å². The fourth-order valence-electron chi connectivity index (χ4n) is 2.36. The Bertz CT molecular complexity index is 895. The predicted molar refractivity (Wildman–Crippen MR) is 95.7 cm³/mol. The highest BCUT2D eigenvalue weighted by Crippen LogP contribution is 2.30.